The molecule has 4 rings (SSSR count). The highest BCUT2D eigenvalue weighted by atomic mass is 35.5. The zero-order chi connectivity index (χ0) is 17.2. The first-order valence-corrected chi connectivity index (χ1v) is 9.34. The van der Waals surface area contributed by atoms with Crippen LogP contribution in [0.2, 0.25) is 5.02 Å². The molecule has 0 fully saturated rings. The summed E-state index contributed by atoms with van der Waals surface area (Å²) in [5.74, 6) is 1.12. The molecule has 0 saturated heterocycles. The lowest BCUT2D eigenvalue weighted by molar-refractivity contribution is -0.119. The normalized spacial score (nSPS) is 16.3. The van der Waals surface area contributed by atoms with Gasteiger partial charge in [0.15, 0.2) is 5.16 Å². The molecule has 1 amide bonds. The number of para-hydroxylation sites is 1. The van der Waals surface area contributed by atoms with Gasteiger partial charge in [0.2, 0.25) is 5.91 Å². The summed E-state index contributed by atoms with van der Waals surface area (Å²) < 4.78 is 5.63. The number of halogens is 1. The van der Waals surface area contributed by atoms with Gasteiger partial charge in [-0.3, -0.25) is 4.79 Å². The zero-order valence-electron chi connectivity index (χ0n) is 13.3. The smallest absolute Gasteiger partial charge is 0.230 e. The fourth-order valence-corrected chi connectivity index (χ4v) is 3.76. The van der Waals surface area contributed by atoms with Gasteiger partial charge in [0.25, 0.3) is 0 Å². The Balaban J connectivity index is 1.39. The van der Waals surface area contributed by atoms with E-state index in [1.807, 2.05) is 36.4 Å². The second-order valence-electron chi connectivity index (χ2n) is 5.79. The lowest BCUT2D eigenvalue weighted by Gasteiger charge is -2.26. The second kappa shape index (κ2) is 6.98. The van der Waals surface area contributed by atoms with Crippen molar-refractivity contribution in [2.24, 2.45) is 0 Å². The van der Waals surface area contributed by atoms with Gasteiger partial charge in [-0.15, -0.1) is 0 Å². The molecule has 1 unspecified atom stereocenters. The van der Waals surface area contributed by atoms with Crippen LogP contribution in [0.15, 0.2) is 47.6 Å². The third kappa shape index (κ3) is 3.60. The van der Waals surface area contributed by atoms with Crippen molar-refractivity contribution < 1.29 is 9.53 Å². The van der Waals surface area contributed by atoms with Crippen molar-refractivity contribution >= 4 is 40.3 Å². The highest BCUT2D eigenvalue weighted by molar-refractivity contribution is 7.99. The Labute approximate surface area is 154 Å². The Morgan fingerprint density at radius 3 is 3.16 bits per heavy atom. The van der Waals surface area contributed by atoms with Gasteiger partial charge in [0.1, 0.15) is 5.75 Å². The van der Waals surface area contributed by atoms with Crippen LogP contribution >= 0.6 is 23.4 Å². The van der Waals surface area contributed by atoms with Crippen molar-refractivity contribution in [2.45, 2.75) is 17.6 Å². The molecule has 1 aliphatic rings. The van der Waals surface area contributed by atoms with Crippen LogP contribution in [-0.2, 0) is 4.79 Å². The van der Waals surface area contributed by atoms with E-state index in [2.05, 4.69) is 15.3 Å². The number of H-pyrrole nitrogens is 1. The fourth-order valence-electron chi connectivity index (χ4n) is 2.89. The average molecular weight is 374 g/mol. The molecule has 3 aromatic rings. The van der Waals surface area contributed by atoms with Gasteiger partial charge >= 0.3 is 0 Å². The molecule has 0 saturated carbocycles. The Bertz CT molecular complexity index is 928. The molecule has 1 atom stereocenters. The lowest BCUT2D eigenvalue weighted by Crippen LogP contribution is -2.33. The molecule has 2 N–H and O–H groups in total. The van der Waals surface area contributed by atoms with E-state index in [1.54, 1.807) is 6.07 Å². The van der Waals surface area contributed by atoms with E-state index in [0.717, 1.165) is 28.8 Å². The molecule has 1 aliphatic heterocycles. The van der Waals surface area contributed by atoms with E-state index in [1.165, 1.54) is 11.8 Å². The summed E-state index contributed by atoms with van der Waals surface area (Å²) in [6.45, 7) is 0.611. The summed E-state index contributed by atoms with van der Waals surface area (Å²) in [5, 5.41) is 4.45. The van der Waals surface area contributed by atoms with Gasteiger partial charge in [0.05, 0.1) is 29.4 Å². The molecular weight excluding hydrogens is 358 g/mol. The van der Waals surface area contributed by atoms with Crippen molar-refractivity contribution in [2.75, 3.05) is 12.4 Å². The van der Waals surface area contributed by atoms with Gasteiger partial charge in [0, 0.05) is 17.0 Å². The van der Waals surface area contributed by atoms with Crippen LogP contribution in [0, 0.1) is 0 Å². The quantitative estimate of drug-likeness (QED) is 0.679. The number of aromatic nitrogens is 2. The maximum Gasteiger partial charge on any atom is 0.230 e. The fraction of sp³-hybridized carbons (Fsp3) is 0.222. The first kappa shape index (κ1) is 16.3. The van der Waals surface area contributed by atoms with Crippen LogP contribution in [-0.4, -0.2) is 28.2 Å². The molecule has 128 valence electrons. The summed E-state index contributed by atoms with van der Waals surface area (Å²) in [5.41, 5.74) is 2.74. The van der Waals surface area contributed by atoms with Crippen molar-refractivity contribution in [3.05, 3.63) is 53.1 Å². The molecule has 2 aromatic carbocycles. The lowest BCUT2D eigenvalue weighted by atomic mass is 10.0. The molecule has 0 spiro atoms. The SMILES string of the molecule is O=C(CSc1nc2ccc(Cl)cc2[nH]1)NC1CCOc2ccccc21. The van der Waals surface area contributed by atoms with E-state index < -0.39 is 0 Å². The topological polar surface area (TPSA) is 67.0 Å². The molecule has 0 bridgehead atoms. The number of amides is 1. The number of nitrogens with one attached hydrogen (secondary N) is 2. The van der Waals surface area contributed by atoms with E-state index in [4.69, 9.17) is 16.3 Å². The maximum absolute atomic E-state index is 12.3. The zero-order valence-corrected chi connectivity index (χ0v) is 14.9. The van der Waals surface area contributed by atoms with E-state index in [9.17, 15) is 4.79 Å². The molecule has 0 aliphatic carbocycles. The number of carbonyl (C=O) groups excluding carboxylic acids is 1. The van der Waals surface area contributed by atoms with Crippen LogP contribution in [0.5, 0.6) is 5.75 Å². The average Bonchev–Trinajstić information content (AvgIpc) is 3.02. The van der Waals surface area contributed by atoms with E-state index >= 15 is 0 Å². The molecule has 25 heavy (non-hydrogen) atoms. The van der Waals surface area contributed by atoms with Gasteiger partial charge in [-0.1, -0.05) is 41.6 Å². The maximum atomic E-state index is 12.3. The summed E-state index contributed by atoms with van der Waals surface area (Å²) in [6.07, 6.45) is 0.774. The number of fused-ring (bicyclic) bond motifs is 2. The summed E-state index contributed by atoms with van der Waals surface area (Å²) in [6, 6.07) is 13.3. The van der Waals surface area contributed by atoms with Crippen LogP contribution in [0.4, 0.5) is 0 Å². The minimum Gasteiger partial charge on any atom is -0.493 e. The van der Waals surface area contributed by atoms with Crippen molar-refractivity contribution in [3.8, 4) is 5.75 Å². The summed E-state index contributed by atoms with van der Waals surface area (Å²) in [7, 11) is 0. The van der Waals surface area contributed by atoms with Crippen LogP contribution in [0.1, 0.15) is 18.0 Å². The molecular formula is C18H16ClN3O2S. The largest absolute Gasteiger partial charge is 0.493 e. The Kier molecular flexibility index (Phi) is 4.55. The Morgan fingerprint density at radius 2 is 2.24 bits per heavy atom. The monoisotopic (exact) mass is 373 g/mol. The second-order valence-corrected chi connectivity index (χ2v) is 7.19. The van der Waals surface area contributed by atoms with E-state index in [-0.39, 0.29) is 11.9 Å². The summed E-state index contributed by atoms with van der Waals surface area (Å²) in [4.78, 5) is 20.0. The van der Waals surface area contributed by atoms with Crippen molar-refractivity contribution in [1.29, 1.82) is 0 Å². The van der Waals surface area contributed by atoms with Crippen LogP contribution in [0.3, 0.4) is 0 Å². The number of ether oxygens (including phenoxy) is 1. The number of imidazole rings is 1. The molecule has 1 aromatic heterocycles. The number of aromatic amines is 1. The number of hydrogen-bond donors (Lipinski definition) is 2. The first-order valence-electron chi connectivity index (χ1n) is 7.98. The van der Waals surface area contributed by atoms with Gasteiger partial charge < -0.3 is 15.0 Å². The highest BCUT2D eigenvalue weighted by Crippen LogP contribution is 2.31. The predicted molar refractivity (Wildman–Crippen MR) is 99.3 cm³/mol. The standard InChI is InChI=1S/C18H16ClN3O2S/c19-11-5-6-14-15(9-11)22-18(21-14)25-10-17(23)20-13-7-8-24-16-4-2-1-3-12(13)16/h1-6,9,13H,7-8,10H2,(H,20,23)(H,21,22). The molecule has 0 radical (unpaired) electrons. The first-order chi connectivity index (χ1) is 12.2. The number of benzene rings is 2. The third-order valence-electron chi connectivity index (χ3n) is 4.06. The predicted octanol–water partition coefficient (Wildman–Crippen LogP) is 3.95. The Morgan fingerprint density at radius 1 is 1.36 bits per heavy atom. The van der Waals surface area contributed by atoms with Gasteiger partial charge in [-0.25, -0.2) is 4.98 Å². The molecule has 5 nitrogen and oxygen atoms in total. The Hall–Kier alpha value is -2.18. The number of nitrogens with zero attached hydrogens (tertiary/aromatic N) is 1. The van der Waals surface area contributed by atoms with E-state index in [0.29, 0.717) is 22.5 Å². The number of hydrogen-bond acceptors (Lipinski definition) is 4. The summed E-state index contributed by atoms with van der Waals surface area (Å²) >= 11 is 7.35. The van der Waals surface area contributed by atoms with Gasteiger partial charge in [-0.05, 0) is 24.3 Å². The minimum absolute atomic E-state index is 0.00692. The highest BCUT2D eigenvalue weighted by Gasteiger charge is 2.22. The number of rotatable bonds is 4. The van der Waals surface area contributed by atoms with Gasteiger partial charge in [-0.2, -0.15) is 0 Å². The van der Waals surface area contributed by atoms with Crippen molar-refractivity contribution in [1.82, 2.24) is 15.3 Å². The number of carbonyl (C=O) groups is 1. The van der Waals surface area contributed by atoms with Crippen LogP contribution < -0.4 is 10.1 Å². The molecule has 2 heterocycles. The number of thioether (sulfide) groups is 1. The molecule has 7 heteroatoms. The van der Waals surface area contributed by atoms with Crippen molar-refractivity contribution in [3.63, 3.8) is 0 Å². The third-order valence-corrected chi connectivity index (χ3v) is 5.16. The minimum atomic E-state index is -0.0230. The van der Waals surface area contributed by atoms with Crippen LogP contribution in [0.25, 0.3) is 11.0 Å².